The van der Waals surface area contributed by atoms with Gasteiger partial charge in [-0.1, -0.05) is 13.3 Å². The topological polar surface area (TPSA) is 51.1 Å². The number of carbonyl (C=O) groups is 1. The summed E-state index contributed by atoms with van der Waals surface area (Å²) in [5.74, 6) is -0.157. The minimum atomic E-state index is -0.160. The van der Waals surface area contributed by atoms with Gasteiger partial charge in [-0.25, -0.2) is 0 Å². The number of nitrogens with zero attached hydrogens (tertiary/aromatic N) is 1. The molecule has 1 heterocycles. The van der Waals surface area contributed by atoms with E-state index in [1.54, 1.807) is 19.3 Å². The van der Waals surface area contributed by atoms with E-state index >= 15 is 0 Å². The van der Waals surface area contributed by atoms with Crippen LogP contribution in [-0.4, -0.2) is 17.0 Å². The van der Waals surface area contributed by atoms with Gasteiger partial charge in [0, 0.05) is 31.4 Å². The van der Waals surface area contributed by atoms with Crippen LogP contribution in [0.1, 0.15) is 36.5 Å². The molecule has 0 atom stereocenters. The zero-order valence-corrected chi connectivity index (χ0v) is 10.3. The van der Waals surface area contributed by atoms with Crippen LogP contribution in [0.5, 0.6) is 0 Å². The van der Waals surface area contributed by atoms with Crippen LogP contribution in [0.25, 0.3) is 0 Å². The minimum absolute atomic E-state index is 0.157. The molecule has 2 rings (SSSR count). The number of nitrogens with one attached hydrogen (secondary N) is 1. The van der Waals surface area contributed by atoms with E-state index in [9.17, 15) is 9.59 Å². The first-order valence-electron chi connectivity index (χ1n) is 5.95. The third-order valence-corrected chi connectivity index (χ3v) is 3.60. The lowest BCUT2D eigenvalue weighted by atomic mass is 9.70. The number of hydrogen-bond acceptors (Lipinski definition) is 2. The SMILES string of the molecule is Cn1ccc(C(=O)NCC2(C)CCC2)cc1=O. The van der Waals surface area contributed by atoms with Gasteiger partial charge in [-0.2, -0.15) is 0 Å². The van der Waals surface area contributed by atoms with E-state index in [1.807, 2.05) is 0 Å². The monoisotopic (exact) mass is 234 g/mol. The molecule has 1 amide bonds. The van der Waals surface area contributed by atoms with Crippen molar-refractivity contribution in [3.05, 3.63) is 34.2 Å². The van der Waals surface area contributed by atoms with Gasteiger partial charge in [-0.05, 0) is 24.3 Å². The molecule has 1 aliphatic rings. The quantitative estimate of drug-likeness (QED) is 0.857. The maximum Gasteiger partial charge on any atom is 0.251 e. The molecule has 1 N–H and O–H groups in total. The van der Waals surface area contributed by atoms with E-state index in [0.29, 0.717) is 12.1 Å². The van der Waals surface area contributed by atoms with Gasteiger partial charge in [0.1, 0.15) is 0 Å². The summed E-state index contributed by atoms with van der Waals surface area (Å²) in [6.45, 7) is 2.88. The Hall–Kier alpha value is -1.58. The first-order chi connectivity index (χ1) is 8.00. The molecular weight excluding hydrogens is 216 g/mol. The zero-order chi connectivity index (χ0) is 12.5. The van der Waals surface area contributed by atoms with Crippen LogP contribution in [0.4, 0.5) is 0 Å². The highest BCUT2D eigenvalue weighted by Gasteiger charge is 2.31. The fourth-order valence-corrected chi connectivity index (χ4v) is 2.04. The summed E-state index contributed by atoms with van der Waals surface area (Å²) in [6.07, 6.45) is 5.20. The summed E-state index contributed by atoms with van der Waals surface area (Å²) < 4.78 is 1.45. The van der Waals surface area contributed by atoms with Crippen molar-refractivity contribution in [2.75, 3.05) is 6.54 Å². The number of rotatable bonds is 3. The van der Waals surface area contributed by atoms with Crippen LogP contribution in [-0.2, 0) is 7.05 Å². The molecule has 4 nitrogen and oxygen atoms in total. The van der Waals surface area contributed by atoms with Gasteiger partial charge in [-0.15, -0.1) is 0 Å². The second-order valence-electron chi connectivity index (χ2n) is 5.21. The van der Waals surface area contributed by atoms with E-state index in [2.05, 4.69) is 12.2 Å². The molecule has 1 aromatic rings. The number of aryl methyl sites for hydroxylation is 1. The molecule has 1 aromatic heterocycles. The Morgan fingerprint density at radius 2 is 2.24 bits per heavy atom. The molecule has 4 heteroatoms. The largest absolute Gasteiger partial charge is 0.351 e. The van der Waals surface area contributed by atoms with Crippen molar-refractivity contribution in [3.63, 3.8) is 0 Å². The second kappa shape index (κ2) is 4.35. The summed E-state index contributed by atoms with van der Waals surface area (Å²) in [5, 5.41) is 2.90. The van der Waals surface area contributed by atoms with Crippen molar-refractivity contribution in [3.8, 4) is 0 Å². The molecule has 0 saturated heterocycles. The average Bonchev–Trinajstić information content (AvgIpc) is 2.27. The van der Waals surface area contributed by atoms with E-state index in [4.69, 9.17) is 0 Å². The molecule has 0 aromatic carbocycles. The van der Waals surface area contributed by atoms with Crippen LogP contribution >= 0.6 is 0 Å². The molecule has 0 aliphatic heterocycles. The van der Waals surface area contributed by atoms with Gasteiger partial charge >= 0.3 is 0 Å². The number of pyridine rings is 1. The Balaban J connectivity index is 1.99. The van der Waals surface area contributed by atoms with Gasteiger partial charge in [0.15, 0.2) is 0 Å². The molecule has 0 spiro atoms. The predicted octanol–water partition coefficient (Wildman–Crippen LogP) is 1.31. The van der Waals surface area contributed by atoms with Crippen molar-refractivity contribution >= 4 is 5.91 Å². The molecule has 1 fully saturated rings. The van der Waals surface area contributed by atoms with Gasteiger partial charge in [-0.3, -0.25) is 9.59 Å². The van der Waals surface area contributed by atoms with Gasteiger partial charge in [0.2, 0.25) is 0 Å². The highest BCUT2D eigenvalue weighted by Crippen LogP contribution is 2.39. The molecule has 1 aliphatic carbocycles. The minimum Gasteiger partial charge on any atom is -0.351 e. The van der Waals surface area contributed by atoms with Crippen molar-refractivity contribution in [1.82, 2.24) is 9.88 Å². The third-order valence-electron chi connectivity index (χ3n) is 3.60. The fraction of sp³-hybridized carbons (Fsp3) is 0.538. The Morgan fingerprint density at radius 1 is 1.53 bits per heavy atom. The normalized spacial score (nSPS) is 17.3. The summed E-state index contributed by atoms with van der Waals surface area (Å²) in [4.78, 5) is 23.2. The highest BCUT2D eigenvalue weighted by atomic mass is 16.2. The lowest BCUT2D eigenvalue weighted by molar-refractivity contribution is 0.0890. The predicted molar refractivity (Wildman–Crippen MR) is 66.0 cm³/mol. The maximum absolute atomic E-state index is 11.8. The van der Waals surface area contributed by atoms with E-state index in [-0.39, 0.29) is 16.9 Å². The van der Waals surface area contributed by atoms with Gasteiger partial charge in [0.05, 0.1) is 0 Å². The number of amides is 1. The first-order valence-corrected chi connectivity index (χ1v) is 5.95. The molecule has 0 unspecified atom stereocenters. The van der Waals surface area contributed by atoms with Crippen LogP contribution in [0.3, 0.4) is 0 Å². The smallest absolute Gasteiger partial charge is 0.251 e. The van der Waals surface area contributed by atoms with Gasteiger partial charge < -0.3 is 9.88 Å². The van der Waals surface area contributed by atoms with Gasteiger partial charge in [0.25, 0.3) is 11.5 Å². The van der Waals surface area contributed by atoms with Crippen molar-refractivity contribution in [2.24, 2.45) is 12.5 Å². The van der Waals surface area contributed by atoms with E-state index in [1.165, 1.54) is 29.9 Å². The molecule has 92 valence electrons. The van der Waals surface area contributed by atoms with Crippen molar-refractivity contribution in [2.45, 2.75) is 26.2 Å². The highest BCUT2D eigenvalue weighted by molar-refractivity contribution is 5.93. The lowest BCUT2D eigenvalue weighted by Crippen LogP contribution is -2.40. The second-order valence-corrected chi connectivity index (χ2v) is 5.21. The van der Waals surface area contributed by atoms with Crippen LogP contribution in [0.15, 0.2) is 23.1 Å². The Kier molecular flexibility index (Phi) is 3.05. The lowest BCUT2D eigenvalue weighted by Gasteiger charge is -2.38. The summed E-state index contributed by atoms with van der Waals surface area (Å²) in [5.41, 5.74) is 0.540. The fourth-order valence-electron chi connectivity index (χ4n) is 2.04. The maximum atomic E-state index is 11.8. The summed E-state index contributed by atoms with van der Waals surface area (Å²) >= 11 is 0. The molecule has 17 heavy (non-hydrogen) atoms. The third kappa shape index (κ3) is 2.57. The zero-order valence-electron chi connectivity index (χ0n) is 10.3. The van der Waals surface area contributed by atoms with Crippen LogP contribution in [0, 0.1) is 5.41 Å². The van der Waals surface area contributed by atoms with Crippen LogP contribution in [0.2, 0.25) is 0 Å². The number of hydrogen-bond donors (Lipinski definition) is 1. The molecule has 0 radical (unpaired) electrons. The Labute approximate surface area is 101 Å². The Bertz CT molecular complexity index is 486. The summed E-state index contributed by atoms with van der Waals surface area (Å²) in [6, 6.07) is 3.04. The molecule has 1 saturated carbocycles. The number of aromatic nitrogens is 1. The van der Waals surface area contributed by atoms with E-state index < -0.39 is 0 Å². The standard InChI is InChI=1S/C13H18N2O2/c1-13(5-3-6-13)9-14-12(17)10-4-7-15(2)11(16)8-10/h4,7-8H,3,5-6,9H2,1-2H3,(H,14,17). The van der Waals surface area contributed by atoms with Crippen molar-refractivity contribution < 1.29 is 4.79 Å². The molecule has 0 bridgehead atoms. The first kappa shape index (κ1) is 11.9. The van der Waals surface area contributed by atoms with Crippen molar-refractivity contribution in [1.29, 1.82) is 0 Å². The number of carbonyl (C=O) groups excluding carboxylic acids is 1. The van der Waals surface area contributed by atoms with Crippen LogP contribution < -0.4 is 10.9 Å². The average molecular weight is 234 g/mol. The summed E-state index contributed by atoms with van der Waals surface area (Å²) in [7, 11) is 1.67. The van der Waals surface area contributed by atoms with E-state index in [0.717, 1.165) is 0 Å². The Morgan fingerprint density at radius 3 is 2.76 bits per heavy atom. The molecular formula is C13H18N2O2.